The minimum atomic E-state index is -3.57. The Hall–Kier alpha value is -2.70. The van der Waals surface area contributed by atoms with Gasteiger partial charge < -0.3 is 13.5 Å². The molecule has 7 heteroatoms. The van der Waals surface area contributed by atoms with Gasteiger partial charge in [-0.05, 0) is 18.5 Å². The van der Waals surface area contributed by atoms with Crippen LogP contribution in [0.1, 0.15) is 12.5 Å². The van der Waals surface area contributed by atoms with Crippen molar-refractivity contribution >= 4 is 24.5 Å². The number of carbonyl (C=O) groups is 1. The van der Waals surface area contributed by atoms with Crippen molar-refractivity contribution in [3.63, 3.8) is 0 Å². The van der Waals surface area contributed by atoms with Gasteiger partial charge in [-0.3, -0.25) is 9.69 Å². The van der Waals surface area contributed by atoms with Crippen LogP contribution in [0.2, 0.25) is 0 Å². The van der Waals surface area contributed by atoms with Gasteiger partial charge in [0.15, 0.2) is 11.9 Å². The first-order valence-corrected chi connectivity index (χ1v) is 7.97. The lowest BCUT2D eigenvalue weighted by Gasteiger charge is -2.31. The average molecular weight is 344 g/mol. The van der Waals surface area contributed by atoms with Gasteiger partial charge >= 0.3 is 12.7 Å². The fraction of sp³-hybridized carbons (Fsp3) is 0.222. The van der Waals surface area contributed by atoms with E-state index in [0.717, 1.165) is 6.07 Å². The fourth-order valence-electron chi connectivity index (χ4n) is 3.21. The van der Waals surface area contributed by atoms with Crippen molar-refractivity contribution in [1.29, 1.82) is 0 Å². The van der Waals surface area contributed by atoms with E-state index < -0.39 is 24.1 Å². The zero-order chi connectivity index (χ0) is 18.2. The third kappa shape index (κ3) is 2.60. The molecular weight excluding hydrogens is 325 g/mol. The Bertz CT molecular complexity index is 844. The first-order valence-electron chi connectivity index (χ1n) is 7.97. The van der Waals surface area contributed by atoms with Gasteiger partial charge in [0.1, 0.15) is 0 Å². The Labute approximate surface area is 145 Å². The maximum absolute atomic E-state index is 16.0. The Morgan fingerprint density at radius 3 is 2.32 bits per heavy atom. The minimum Gasteiger partial charge on any atom is -0.619 e. The van der Waals surface area contributed by atoms with Gasteiger partial charge in [-0.2, -0.15) is 0 Å². The number of hydrogen-bond acceptors (Lipinski definition) is 2. The molecule has 4 nitrogen and oxygen atoms in total. The Balaban J connectivity index is 2.27. The summed E-state index contributed by atoms with van der Waals surface area (Å²) in [6.45, 7) is -1.99. The zero-order valence-electron chi connectivity index (χ0n) is 14.3. The highest BCUT2D eigenvalue weighted by Crippen LogP contribution is 2.37. The van der Waals surface area contributed by atoms with E-state index in [0.29, 0.717) is 5.56 Å². The fourth-order valence-corrected chi connectivity index (χ4v) is 3.21. The highest BCUT2D eigenvalue weighted by atomic mass is 19.1. The molecule has 1 aliphatic heterocycles. The van der Waals surface area contributed by atoms with Crippen LogP contribution in [0.5, 0.6) is 0 Å². The maximum Gasteiger partial charge on any atom is 0.571 e. The maximum atomic E-state index is 16.0. The van der Waals surface area contributed by atoms with Crippen molar-refractivity contribution in [2.24, 2.45) is 0 Å². The highest BCUT2D eigenvalue weighted by molar-refractivity contribution is 6.76. The molecule has 25 heavy (non-hydrogen) atoms. The number of rotatable bonds is 3. The van der Waals surface area contributed by atoms with Gasteiger partial charge in [-0.1, -0.05) is 48.5 Å². The summed E-state index contributed by atoms with van der Waals surface area (Å²) < 4.78 is 36.7. The van der Waals surface area contributed by atoms with Gasteiger partial charge in [0.05, 0.1) is 19.9 Å². The second-order valence-corrected chi connectivity index (χ2v) is 6.50. The quantitative estimate of drug-likeness (QED) is 0.631. The summed E-state index contributed by atoms with van der Waals surface area (Å²) >= 11 is 0. The van der Waals surface area contributed by atoms with Gasteiger partial charge in [0, 0.05) is 5.56 Å². The molecular formula is C18H19BF2N2O2. The number of nitrogens with zero attached hydrogens (tertiary/aromatic N) is 2. The summed E-state index contributed by atoms with van der Waals surface area (Å²) in [5.41, 5.74) is -1.13. The summed E-state index contributed by atoms with van der Waals surface area (Å²) in [7, 11) is 3.40. The molecule has 0 spiro atoms. The molecule has 2 atom stereocenters. The van der Waals surface area contributed by atoms with E-state index in [4.69, 9.17) is 4.65 Å². The third-order valence-electron chi connectivity index (χ3n) is 4.51. The topological polar surface area (TPSA) is 32.5 Å². The second-order valence-electron chi connectivity index (χ2n) is 6.50. The van der Waals surface area contributed by atoms with E-state index in [1.54, 1.807) is 56.3 Å². The van der Waals surface area contributed by atoms with Crippen molar-refractivity contribution in [3.8, 4) is 0 Å². The van der Waals surface area contributed by atoms with E-state index in [-0.39, 0.29) is 5.46 Å². The van der Waals surface area contributed by atoms with E-state index in [1.165, 1.54) is 29.0 Å². The van der Waals surface area contributed by atoms with Crippen molar-refractivity contribution < 1.29 is 22.6 Å². The summed E-state index contributed by atoms with van der Waals surface area (Å²) in [6.07, 6.45) is 1.43. The summed E-state index contributed by atoms with van der Waals surface area (Å²) in [5, 5.41) is 0. The number of halogens is 2. The number of benzene rings is 2. The van der Waals surface area contributed by atoms with Crippen molar-refractivity contribution in [1.82, 2.24) is 4.90 Å². The summed E-state index contributed by atoms with van der Waals surface area (Å²) in [6, 6.07) is 14.2. The zero-order valence-corrected chi connectivity index (χ0v) is 14.3. The first-order chi connectivity index (χ1) is 11.8. The van der Waals surface area contributed by atoms with E-state index in [1.807, 2.05) is 0 Å². The molecule has 130 valence electrons. The van der Waals surface area contributed by atoms with Crippen molar-refractivity contribution in [2.45, 2.75) is 12.5 Å². The van der Waals surface area contributed by atoms with Crippen LogP contribution in [-0.2, 0) is 15.0 Å². The molecule has 2 aromatic rings. The lowest BCUT2D eigenvalue weighted by Crippen LogP contribution is -2.58. The number of hydrogen-bond donors (Lipinski definition) is 0. The molecule has 1 heterocycles. The Kier molecular flexibility index (Phi) is 4.10. The lowest BCUT2D eigenvalue weighted by atomic mass is 9.65. The highest BCUT2D eigenvalue weighted by Gasteiger charge is 2.61. The predicted molar refractivity (Wildman–Crippen MR) is 92.8 cm³/mol. The van der Waals surface area contributed by atoms with Crippen LogP contribution in [0, 0.1) is 5.82 Å². The van der Waals surface area contributed by atoms with Crippen molar-refractivity contribution in [3.05, 3.63) is 66.0 Å². The molecule has 2 aromatic carbocycles. The van der Waals surface area contributed by atoms with Crippen LogP contribution in [0.4, 0.5) is 8.71 Å². The normalized spacial score (nSPS) is 27.4. The lowest BCUT2D eigenvalue weighted by molar-refractivity contribution is -0.483. The van der Waals surface area contributed by atoms with Crippen LogP contribution in [0.25, 0.3) is 0 Å². The van der Waals surface area contributed by atoms with Gasteiger partial charge in [0.2, 0.25) is 0 Å². The van der Waals surface area contributed by atoms with Gasteiger partial charge in [-0.25, -0.2) is 4.39 Å². The molecule has 0 radical (unpaired) electrons. The first kappa shape index (κ1) is 17.1. The Morgan fingerprint density at radius 1 is 1.12 bits per heavy atom. The molecule has 0 bridgehead atoms. The van der Waals surface area contributed by atoms with E-state index in [9.17, 15) is 9.18 Å². The molecule has 0 amide bonds. The Morgan fingerprint density at radius 2 is 1.72 bits per heavy atom. The smallest absolute Gasteiger partial charge is 0.571 e. The standard InChI is InChI=1S/C18H19BF2N2O2/c1-18(14-9-5-4-6-10-14)17(24)25-19(21,23(18)13-22(2)3)15-11-7-8-12-16(15)20/h4-13H,1-3H3/b23-13-/t18-,19?/m1/s1. The van der Waals surface area contributed by atoms with Crippen LogP contribution in [0.15, 0.2) is 54.6 Å². The van der Waals surface area contributed by atoms with Gasteiger partial charge in [0.25, 0.3) is 0 Å². The summed E-state index contributed by atoms with van der Waals surface area (Å²) in [5.74, 6) is -1.52. The second kappa shape index (κ2) is 5.99. The molecule has 3 rings (SSSR count). The van der Waals surface area contributed by atoms with Crippen LogP contribution in [-0.4, -0.2) is 42.6 Å². The molecule has 0 N–H and O–H groups in total. The largest absolute Gasteiger partial charge is 0.619 e. The third-order valence-corrected chi connectivity index (χ3v) is 4.51. The molecule has 1 aliphatic rings. The molecule has 0 aliphatic carbocycles. The SMILES string of the molecule is CN(C)/C=[N+]1\[B-](F)(c2ccccc2F)OC(=O)[C@@]1(C)c1ccccc1. The summed E-state index contributed by atoms with van der Waals surface area (Å²) in [4.78, 5) is 14.3. The molecule has 1 fully saturated rings. The van der Waals surface area contributed by atoms with E-state index in [2.05, 4.69) is 0 Å². The van der Waals surface area contributed by atoms with Gasteiger partial charge in [-0.15, -0.1) is 0 Å². The van der Waals surface area contributed by atoms with Crippen LogP contribution in [0.3, 0.4) is 0 Å². The van der Waals surface area contributed by atoms with Crippen LogP contribution < -0.4 is 5.46 Å². The van der Waals surface area contributed by atoms with E-state index >= 15 is 4.32 Å². The molecule has 0 saturated carbocycles. The van der Waals surface area contributed by atoms with Crippen molar-refractivity contribution in [2.75, 3.05) is 14.1 Å². The molecule has 1 saturated heterocycles. The molecule has 0 aromatic heterocycles. The average Bonchev–Trinajstić information content (AvgIpc) is 2.78. The molecule has 1 unspecified atom stereocenters. The predicted octanol–water partition coefficient (Wildman–Crippen LogP) is 2.02. The monoisotopic (exact) mass is 344 g/mol. The number of carbonyl (C=O) groups excluding carboxylic acids is 1. The van der Waals surface area contributed by atoms with Crippen LogP contribution >= 0.6 is 0 Å². The minimum absolute atomic E-state index is 0.284.